The van der Waals surface area contributed by atoms with Crippen molar-refractivity contribution in [2.45, 2.75) is 44.8 Å². The number of aliphatic imine (C=N–C) groups is 1. The summed E-state index contributed by atoms with van der Waals surface area (Å²) in [6.45, 7) is 8.20. The van der Waals surface area contributed by atoms with Gasteiger partial charge in [-0.15, -0.1) is 24.0 Å². The fourth-order valence-electron chi connectivity index (χ4n) is 3.02. The maximum Gasteiger partial charge on any atom is 0.188 e. The second kappa shape index (κ2) is 11.4. The smallest absolute Gasteiger partial charge is 0.188 e. The highest BCUT2D eigenvalue weighted by atomic mass is 127. The predicted molar refractivity (Wildman–Crippen MR) is 100.0 cm³/mol. The standard InChI is InChI=1S/C15H30N4O2.HI/c1-2-19-8-3-5-13(19)11-18-15(16)17-7-10-20-12-14-6-4-9-21-14;/h13-14H,2-12H2,1H3,(H3,16,17,18);1H. The number of nitrogens with one attached hydrogen (secondary N) is 1. The molecule has 0 aromatic heterocycles. The van der Waals surface area contributed by atoms with Crippen LogP contribution in [0.25, 0.3) is 0 Å². The first-order valence-corrected chi connectivity index (χ1v) is 8.26. The Hall–Kier alpha value is -0.120. The first-order valence-electron chi connectivity index (χ1n) is 8.26. The van der Waals surface area contributed by atoms with Crippen molar-refractivity contribution in [2.24, 2.45) is 10.7 Å². The molecular weight excluding hydrogens is 395 g/mol. The molecule has 3 N–H and O–H groups in total. The van der Waals surface area contributed by atoms with Crippen molar-refractivity contribution in [3.8, 4) is 0 Å². The second-order valence-corrected chi connectivity index (χ2v) is 5.79. The molecule has 7 heteroatoms. The van der Waals surface area contributed by atoms with Crippen LogP contribution in [0.2, 0.25) is 0 Å². The van der Waals surface area contributed by atoms with Crippen molar-refractivity contribution >= 4 is 29.9 Å². The van der Waals surface area contributed by atoms with Gasteiger partial charge in [-0.1, -0.05) is 6.92 Å². The zero-order valence-electron chi connectivity index (χ0n) is 13.6. The van der Waals surface area contributed by atoms with Crippen molar-refractivity contribution < 1.29 is 9.47 Å². The van der Waals surface area contributed by atoms with Crippen molar-refractivity contribution in [1.82, 2.24) is 10.2 Å². The van der Waals surface area contributed by atoms with Gasteiger partial charge >= 0.3 is 0 Å². The minimum Gasteiger partial charge on any atom is -0.377 e. The first-order chi connectivity index (χ1) is 10.3. The van der Waals surface area contributed by atoms with Gasteiger partial charge in [-0.2, -0.15) is 0 Å². The predicted octanol–water partition coefficient (Wildman–Crippen LogP) is 1.19. The normalized spacial score (nSPS) is 26.1. The van der Waals surface area contributed by atoms with Gasteiger partial charge in [-0.3, -0.25) is 9.89 Å². The van der Waals surface area contributed by atoms with E-state index in [1.54, 1.807) is 0 Å². The summed E-state index contributed by atoms with van der Waals surface area (Å²) in [6, 6.07) is 0.561. The molecule has 22 heavy (non-hydrogen) atoms. The van der Waals surface area contributed by atoms with E-state index in [0.717, 1.165) is 32.5 Å². The third kappa shape index (κ3) is 6.97. The number of guanidine groups is 1. The molecule has 0 aromatic carbocycles. The van der Waals surface area contributed by atoms with E-state index in [1.807, 2.05) is 0 Å². The number of nitrogens with two attached hydrogens (primary N) is 1. The molecule has 0 spiro atoms. The molecule has 2 saturated heterocycles. The molecular formula is C15H31IN4O2. The maximum atomic E-state index is 5.88. The van der Waals surface area contributed by atoms with Crippen LogP contribution in [0.5, 0.6) is 0 Å². The van der Waals surface area contributed by atoms with Crippen LogP contribution in [0.15, 0.2) is 4.99 Å². The summed E-state index contributed by atoms with van der Waals surface area (Å²) < 4.78 is 11.1. The lowest BCUT2D eigenvalue weighted by atomic mass is 10.2. The van der Waals surface area contributed by atoms with Crippen LogP contribution in [0, 0.1) is 0 Å². The van der Waals surface area contributed by atoms with E-state index in [0.29, 0.717) is 37.9 Å². The van der Waals surface area contributed by atoms with Crippen LogP contribution < -0.4 is 11.1 Å². The number of hydrogen-bond donors (Lipinski definition) is 2. The molecule has 2 atom stereocenters. The Kier molecular flexibility index (Phi) is 10.3. The lowest BCUT2D eigenvalue weighted by Gasteiger charge is -2.21. The molecule has 2 unspecified atom stereocenters. The van der Waals surface area contributed by atoms with Gasteiger partial charge in [0.15, 0.2) is 5.96 Å². The summed E-state index contributed by atoms with van der Waals surface area (Å²) in [6.07, 6.45) is 5.07. The highest BCUT2D eigenvalue weighted by molar-refractivity contribution is 14.0. The van der Waals surface area contributed by atoms with Gasteiger partial charge in [-0.05, 0) is 38.8 Å². The summed E-state index contributed by atoms with van der Waals surface area (Å²) >= 11 is 0. The SMILES string of the molecule is CCN1CCCC1CN=C(N)NCCOCC1CCCO1.I. The van der Waals surface area contributed by atoms with Crippen LogP contribution in [-0.2, 0) is 9.47 Å². The quantitative estimate of drug-likeness (QED) is 0.264. The molecule has 0 radical (unpaired) electrons. The van der Waals surface area contributed by atoms with Gasteiger partial charge in [0.25, 0.3) is 0 Å². The minimum atomic E-state index is 0. The largest absolute Gasteiger partial charge is 0.377 e. The molecule has 0 aromatic rings. The Bertz CT molecular complexity index is 325. The Morgan fingerprint density at radius 1 is 1.41 bits per heavy atom. The zero-order valence-corrected chi connectivity index (χ0v) is 16.0. The van der Waals surface area contributed by atoms with E-state index in [2.05, 4.69) is 22.1 Å². The van der Waals surface area contributed by atoms with Gasteiger partial charge in [-0.25, -0.2) is 0 Å². The number of nitrogens with zero attached hydrogens (tertiary/aromatic N) is 2. The van der Waals surface area contributed by atoms with E-state index in [9.17, 15) is 0 Å². The van der Waals surface area contributed by atoms with E-state index in [-0.39, 0.29) is 24.0 Å². The highest BCUT2D eigenvalue weighted by Crippen LogP contribution is 2.16. The molecule has 2 aliphatic rings. The maximum absolute atomic E-state index is 5.88. The first kappa shape index (κ1) is 19.9. The average Bonchev–Trinajstić information content (AvgIpc) is 3.15. The minimum absolute atomic E-state index is 0. The molecule has 0 aliphatic carbocycles. The lowest BCUT2D eigenvalue weighted by molar-refractivity contribution is 0.0191. The van der Waals surface area contributed by atoms with Crippen LogP contribution in [0.3, 0.4) is 0 Å². The Labute approximate surface area is 151 Å². The third-order valence-corrected chi connectivity index (χ3v) is 4.26. The molecule has 2 aliphatic heterocycles. The Balaban J connectivity index is 0.00000242. The zero-order chi connectivity index (χ0) is 14.9. The van der Waals surface area contributed by atoms with Crippen LogP contribution in [0.1, 0.15) is 32.6 Å². The number of ether oxygens (including phenoxy) is 2. The van der Waals surface area contributed by atoms with Crippen LogP contribution >= 0.6 is 24.0 Å². The molecule has 6 nitrogen and oxygen atoms in total. The molecule has 0 amide bonds. The number of rotatable bonds is 8. The topological polar surface area (TPSA) is 72.1 Å². The average molecular weight is 426 g/mol. The Morgan fingerprint density at radius 3 is 3.00 bits per heavy atom. The van der Waals surface area contributed by atoms with Gasteiger partial charge in [0.1, 0.15) is 0 Å². The second-order valence-electron chi connectivity index (χ2n) is 5.79. The Morgan fingerprint density at radius 2 is 2.27 bits per heavy atom. The fraction of sp³-hybridized carbons (Fsp3) is 0.933. The van der Waals surface area contributed by atoms with Crippen molar-refractivity contribution in [2.75, 3.05) is 46.0 Å². The number of likely N-dealkylation sites (tertiary alicyclic amines) is 1. The number of halogens is 1. The number of hydrogen-bond acceptors (Lipinski definition) is 4. The van der Waals surface area contributed by atoms with Crippen molar-refractivity contribution in [3.05, 3.63) is 0 Å². The fourth-order valence-corrected chi connectivity index (χ4v) is 3.02. The molecule has 130 valence electrons. The van der Waals surface area contributed by atoms with Gasteiger partial charge in [0.05, 0.1) is 25.9 Å². The summed E-state index contributed by atoms with van der Waals surface area (Å²) in [5.74, 6) is 0.527. The summed E-state index contributed by atoms with van der Waals surface area (Å²) in [4.78, 5) is 6.91. The third-order valence-electron chi connectivity index (χ3n) is 4.26. The monoisotopic (exact) mass is 426 g/mol. The van der Waals surface area contributed by atoms with E-state index >= 15 is 0 Å². The molecule has 2 rings (SSSR count). The van der Waals surface area contributed by atoms with Gasteiger partial charge in [0, 0.05) is 19.2 Å². The molecule has 0 saturated carbocycles. The van der Waals surface area contributed by atoms with E-state index < -0.39 is 0 Å². The number of likely N-dealkylation sites (N-methyl/N-ethyl adjacent to an activating group) is 1. The summed E-state index contributed by atoms with van der Waals surface area (Å²) in [5, 5.41) is 3.11. The molecule has 0 bridgehead atoms. The van der Waals surface area contributed by atoms with E-state index in [1.165, 1.54) is 19.4 Å². The highest BCUT2D eigenvalue weighted by Gasteiger charge is 2.22. The van der Waals surface area contributed by atoms with E-state index in [4.69, 9.17) is 15.2 Å². The van der Waals surface area contributed by atoms with Crippen LogP contribution in [0.4, 0.5) is 0 Å². The van der Waals surface area contributed by atoms with Gasteiger partial charge in [0.2, 0.25) is 0 Å². The van der Waals surface area contributed by atoms with Gasteiger partial charge < -0.3 is 20.5 Å². The lowest BCUT2D eigenvalue weighted by Crippen LogP contribution is -2.37. The summed E-state index contributed by atoms with van der Waals surface area (Å²) in [5.41, 5.74) is 5.88. The van der Waals surface area contributed by atoms with Crippen molar-refractivity contribution in [3.63, 3.8) is 0 Å². The van der Waals surface area contributed by atoms with Crippen LogP contribution in [-0.4, -0.2) is 69.0 Å². The van der Waals surface area contributed by atoms with Crippen molar-refractivity contribution in [1.29, 1.82) is 0 Å². The molecule has 2 heterocycles. The summed E-state index contributed by atoms with van der Waals surface area (Å²) in [7, 11) is 0. The molecule has 2 fully saturated rings.